The van der Waals surface area contributed by atoms with Crippen LogP contribution in [0.5, 0.6) is 5.75 Å². The fraction of sp³-hybridized carbons (Fsp3) is 0.316. The molecule has 1 N–H and O–H groups in total. The molecule has 0 unspecified atom stereocenters. The van der Waals surface area contributed by atoms with Gasteiger partial charge in [0.2, 0.25) is 0 Å². The van der Waals surface area contributed by atoms with Gasteiger partial charge >= 0.3 is 0 Å². The van der Waals surface area contributed by atoms with Crippen molar-refractivity contribution in [2.45, 2.75) is 24.2 Å². The third kappa shape index (κ3) is 4.54. The van der Waals surface area contributed by atoms with Crippen molar-refractivity contribution in [1.82, 2.24) is 4.90 Å². The molecule has 1 saturated heterocycles. The lowest BCUT2D eigenvalue weighted by molar-refractivity contribution is 0.0720. The highest BCUT2D eigenvalue weighted by molar-refractivity contribution is 7.92. The maximum Gasteiger partial charge on any atom is 0.261 e. The monoisotopic (exact) mass is 408 g/mol. The van der Waals surface area contributed by atoms with Gasteiger partial charge in [-0.1, -0.05) is 11.6 Å². The van der Waals surface area contributed by atoms with Gasteiger partial charge in [0.1, 0.15) is 5.75 Å². The number of carbonyl (C=O) groups excluding carboxylic acids is 1. The Labute approximate surface area is 164 Å². The van der Waals surface area contributed by atoms with Crippen LogP contribution in [0.25, 0.3) is 0 Å². The number of halogens is 1. The molecular formula is C19H21ClN2O4S. The number of hydrogen-bond acceptors (Lipinski definition) is 4. The zero-order valence-electron chi connectivity index (χ0n) is 14.9. The topological polar surface area (TPSA) is 75.7 Å². The Bertz CT molecular complexity index is 923. The van der Waals surface area contributed by atoms with Crippen LogP contribution in [0.2, 0.25) is 5.02 Å². The minimum absolute atomic E-state index is 0.00129. The van der Waals surface area contributed by atoms with Crippen LogP contribution in [-0.4, -0.2) is 39.4 Å². The van der Waals surface area contributed by atoms with E-state index < -0.39 is 10.0 Å². The standard InChI is InChI=1S/C19H21ClN2O4S/c1-26-18-10-9-16(13-17(18)19(23)22-11-3-2-4-12-22)27(24,25)21-15-7-5-14(20)6-8-15/h5-10,13,21H,2-4,11-12H2,1H3. The number of likely N-dealkylation sites (tertiary alicyclic amines) is 1. The zero-order valence-corrected chi connectivity index (χ0v) is 16.5. The average Bonchev–Trinajstić information content (AvgIpc) is 2.69. The summed E-state index contributed by atoms with van der Waals surface area (Å²) in [4.78, 5) is 14.6. The van der Waals surface area contributed by atoms with Gasteiger partial charge in [-0.2, -0.15) is 0 Å². The van der Waals surface area contributed by atoms with Crippen LogP contribution in [0.15, 0.2) is 47.4 Å². The maximum absolute atomic E-state index is 12.9. The van der Waals surface area contributed by atoms with E-state index in [0.29, 0.717) is 29.5 Å². The Kier molecular flexibility index (Phi) is 5.92. The molecule has 2 aromatic rings. The van der Waals surface area contributed by atoms with Crippen LogP contribution in [0, 0.1) is 0 Å². The predicted octanol–water partition coefficient (Wildman–Crippen LogP) is 3.78. The van der Waals surface area contributed by atoms with Gasteiger partial charge in [-0.25, -0.2) is 8.42 Å². The van der Waals surface area contributed by atoms with Crippen molar-refractivity contribution < 1.29 is 17.9 Å². The molecule has 27 heavy (non-hydrogen) atoms. The number of rotatable bonds is 5. The molecule has 1 aliphatic rings. The summed E-state index contributed by atoms with van der Waals surface area (Å²) in [6.45, 7) is 1.34. The van der Waals surface area contributed by atoms with Gasteiger partial charge in [-0.05, 0) is 61.7 Å². The molecule has 0 bridgehead atoms. The molecular weight excluding hydrogens is 388 g/mol. The van der Waals surface area contributed by atoms with Gasteiger partial charge in [0.15, 0.2) is 0 Å². The average molecular weight is 409 g/mol. The highest BCUT2D eigenvalue weighted by Gasteiger charge is 2.24. The second kappa shape index (κ2) is 8.19. The first-order valence-electron chi connectivity index (χ1n) is 8.66. The van der Waals surface area contributed by atoms with Crippen molar-refractivity contribution in [3.63, 3.8) is 0 Å². The van der Waals surface area contributed by atoms with Gasteiger partial charge in [-0.15, -0.1) is 0 Å². The Balaban J connectivity index is 1.91. The second-order valence-corrected chi connectivity index (χ2v) is 8.45. The molecule has 1 amide bonds. The number of hydrogen-bond donors (Lipinski definition) is 1. The molecule has 0 spiro atoms. The third-order valence-corrected chi connectivity index (χ3v) is 6.08. The van der Waals surface area contributed by atoms with Gasteiger partial charge < -0.3 is 9.64 Å². The first kappa shape index (κ1) is 19.5. The Morgan fingerprint density at radius 3 is 2.37 bits per heavy atom. The van der Waals surface area contributed by atoms with E-state index in [1.165, 1.54) is 25.3 Å². The van der Waals surface area contributed by atoms with Crippen LogP contribution in [0.1, 0.15) is 29.6 Å². The molecule has 144 valence electrons. The Morgan fingerprint density at radius 2 is 1.74 bits per heavy atom. The van der Waals surface area contributed by atoms with E-state index >= 15 is 0 Å². The normalized spacial score (nSPS) is 14.7. The number of nitrogens with zero attached hydrogens (tertiary/aromatic N) is 1. The first-order valence-corrected chi connectivity index (χ1v) is 10.5. The lowest BCUT2D eigenvalue weighted by atomic mass is 10.1. The SMILES string of the molecule is COc1ccc(S(=O)(=O)Nc2ccc(Cl)cc2)cc1C(=O)N1CCCCC1. The van der Waals surface area contributed by atoms with E-state index in [2.05, 4.69) is 4.72 Å². The van der Waals surface area contributed by atoms with E-state index in [1.807, 2.05) is 0 Å². The summed E-state index contributed by atoms with van der Waals surface area (Å²) in [5.74, 6) is 0.145. The van der Waals surface area contributed by atoms with Crippen LogP contribution < -0.4 is 9.46 Å². The van der Waals surface area contributed by atoms with Crippen molar-refractivity contribution in [2.24, 2.45) is 0 Å². The molecule has 0 radical (unpaired) electrons. The van der Waals surface area contributed by atoms with Gasteiger partial charge in [0.05, 0.1) is 17.6 Å². The largest absolute Gasteiger partial charge is 0.496 e. The number of amides is 1. The smallest absolute Gasteiger partial charge is 0.261 e. The molecule has 2 aromatic carbocycles. The first-order chi connectivity index (χ1) is 12.9. The number of sulfonamides is 1. The molecule has 0 aliphatic carbocycles. The van der Waals surface area contributed by atoms with Gasteiger partial charge in [0.25, 0.3) is 15.9 Å². The number of methoxy groups -OCH3 is 1. The van der Waals surface area contributed by atoms with Crippen molar-refractivity contribution in [3.05, 3.63) is 53.1 Å². The molecule has 1 fully saturated rings. The van der Waals surface area contributed by atoms with Crippen molar-refractivity contribution in [1.29, 1.82) is 0 Å². The summed E-state index contributed by atoms with van der Waals surface area (Å²) in [7, 11) is -2.40. The van der Waals surface area contributed by atoms with Gasteiger partial charge in [0, 0.05) is 23.8 Å². The molecule has 8 heteroatoms. The molecule has 3 rings (SSSR count). The fourth-order valence-electron chi connectivity index (χ4n) is 3.02. The molecule has 1 heterocycles. The quantitative estimate of drug-likeness (QED) is 0.816. The van der Waals surface area contributed by atoms with Gasteiger partial charge in [-0.3, -0.25) is 9.52 Å². The highest BCUT2D eigenvalue weighted by Crippen LogP contribution is 2.26. The number of piperidine rings is 1. The lowest BCUT2D eigenvalue weighted by Crippen LogP contribution is -2.35. The number of anilines is 1. The Morgan fingerprint density at radius 1 is 1.07 bits per heavy atom. The number of benzene rings is 2. The van der Waals surface area contributed by atoms with E-state index in [0.717, 1.165) is 19.3 Å². The molecule has 0 saturated carbocycles. The van der Waals surface area contributed by atoms with E-state index in [1.54, 1.807) is 29.2 Å². The van der Waals surface area contributed by atoms with E-state index in [4.69, 9.17) is 16.3 Å². The van der Waals surface area contributed by atoms with Crippen LogP contribution in [-0.2, 0) is 10.0 Å². The summed E-state index contributed by atoms with van der Waals surface area (Å²) in [6.07, 6.45) is 2.99. The Hall–Kier alpha value is -2.25. The third-order valence-electron chi connectivity index (χ3n) is 4.45. The number of nitrogens with one attached hydrogen (secondary N) is 1. The number of carbonyl (C=O) groups is 1. The van der Waals surface area contributed by atoms with Crippen LogP contribution in [0.3, 0.4) is 0 Å². The minimum atomic E-state index is -3.86. The number of ether oxygens (including phenoxy) is 1. The van der Waals surface area contributed by atoms with Crippen LogP contribution in [0.4, 0.5) is 5.69 Å². The summed E-state index contributed by atoms with van der Waals surface area (Å²) in [5.41, 5.74) is 0.637. The summed E-state index contributed by atoms with van der Waals surface area (Å²) >= 11 is 5.83. The lowest BCUT2D eigenvalue weighted by Gasteiger charge is -2.27. The molecule has 0 atom stereocenters. The molecule has 0 aromatic heterocycles. The maximum atomic E-state index is 12.9. The highest BCUT2D eigenvalue weighted by atomic mass is 35.5. The van der Waals surface area contributed by atoms with E-state index in [9.17, 15) is 13.2 Å². The second-order valence-electron chi connectivity index (χ2n) is 6.33. The van der Waals surface area contributed by atoms with Crippen molar-refractivity contribution in [2.75, 3.05) is 24.9 Å². The summed E-state index contributed by atoms with van der Waals surface area (Å²) in [5, 5.41) is 0.511. The summed E-state index contributed by atoms with van der Waals surface area (Å²) in [6, 6.07) is 10.6. The van der Waals surface area contributed by atoms with Crippen molar-refractivity contribution in [3.8, 4) is 5.75 Å². The zero-order chi connectivity index (χ0) is 19.4. The minimum Gasteiger partial charge on any atom is -0.496 e. The summed E-state index contributed by atoms with van der Waals surface area (Å²) < 4.78 is 33.2. The fourth-order valence-corrected chi connectivity index (χ4v) is 4.23. The van der Waals surface area contributed by atoms with E-state index in [-0.39, 0.29) is 16.4 Å². The predicted molar refractivity (Wildman–Crippen MR) is 105 cm³/mol. The molecule has 1 aliphatic heterocycles. The van der Waals surface area contributed by atoms with Crippen molar-refractivity contribution >= 4 is 33.2 Å². The molecule has 6 nitrogen and oxygen atoms in total. The van der Waals surface area contributed by atoms with Crippen LogP contribution >= 0.6 is 11.6 Å².